The van der Waals surface area contributed by atoms with Gasteiger partial charge in [0.25, 0.3) is 0 Å². The highest BCUT2D eigenvalue weighted by molar-refractivity contribution is 8.14. The van der Waals surface area contributed by atoms with Crippen LogP contribution in [0.5, 0.6) is 23.0 Å². The van der Waals surface area contributed by atoms with Gasteiger partial charge in [-0.1, -0.05) is 12.1 Å². The first-order chi connectivity index (χ1) is 28.2. The van der Waals surface area contributed by atoms with Gasteiger partial charge in [-0.2, -0.15) is 10.5 Å². The Morgan fingerprint density at radius 3 is 1.69 bits per heavy atom. The third-order valence-corrected chi connectivity index (χ3v) is 9.51. The molecule has 1 atom stereocenters. The summed E-state index contributed by atoms with van der Waals surface area (Å²) in [5.74, 6) is 1.60. The maximum atomic E-state index is 10.9. The number of rotatable bonds is 4. The van der Waals surface area contributed by atoms with Gasteiger partial charge < -0.3 is 24.8 Å². The molecule has 0 saturated heterocycles. The Morgan fingerprint density at radius 1 is 0.655 bits per heavy atom. The Hall–Kier alpha value is -7.81. The first kappa shape index (κ1) is 39.9. The molecule has 286 valence electrons. The number of hydrogen-bond acceptors (Lipinski definition) is 13. The third-order valence-electron chi connectivity index (χ3n) is 8.44. The summed E-state index contributed by atoms with van der Waals surface area (Å²) in [4.78, 5) is 31.9. The van der Waals surface area contributed by atoms with Gasteiger partial charge in [0.15, 0.2) is 6.04 Å². The lowest BCUT2D eigenvalue weighted by Crippen LogP contribution is -2.17. The second-order valence-corrected chi connectivity index (χ2v) is 13.3. The van der Waals surface area contributed by atoms with Crippen molar-refractivity contribution >= 4 is 66.4 Å². The summed E-state index contributed by atoms with van der Waals surface area (Å²) in [5, 5.41) is 49.1. The summed E-state index contributed by atoms with van der Waals surface area (Å²) in [7, 11) is 3.29. The van der Waals surface area contributed by atoms with E-state index < -0.39 is 12.0 Å². The molecule has 0 amide bonds. The molecule has 8 aromatic rings. The van der Waals surface area contributed by atoms with Crippen molar-refractivity contribution in [3.63, 3.8) is 0 Å². The minimum Gasteiger partial charge on any atom is -0.508 e. The van der Waals surface area contributed by atoms with Crippen LogP contribution in [0.4, 0.5) is 0 Å². The number of aromatic hydroxyl groups is 2. The fourth-order valence-electron chi connectivity index (χ4n) is 5.52. The van der Waals surface area contributed by atoms with Gasteiger partial charge in [0.05, 0.1) is 42.0 Å². The fraction of sp³-hybridized carbons (Fsp3) is 0.0909. The first-order valence-electron chi connectivity index (χ1n) is 17.4. The SMILES string of the molecule is COc1ccc2nc(C#N)ccc2c1.COc1ccc2ncccc2c1.N#Cc1ccc2cc(O)ccc2n1.O=C(O)[C@H]1CSC(c2ccc3cc(O)ccc3n2)=N1. The van der Waals surface area contributed by atoms with Gasteiger partial charge in [-0.05, 0) is 109 Å². The van der Waals surface area contributed by atoms with Crippen molar-refractivity contribution in [1.82, 2.24) is 19.9 Å². The van der Waals surface area contributed by atoms with E-state index in [4.69, 9.17) is 30.2 Å². The van der Waals surface area contributed by atoms with Crippen LogP contribution in [0.1, 0.15) is 17.1 Å². The van der Waals surface area contributed by atoms with Crippen molar-refractivity contribution in [3.05, 3.63) is 145 Å². The van der Waals surface area contributed by atoms with E-state index in [0.717, 1.165) is 55.1 Å². The van der Waals surface area contributed by atoms with E-state index in [9.17, 15) is 9.90 Å². The number of phenolic OH excluding ortho intramolecular Hbond substituents is 2. The lowest BCUT2D eigenvalue weighted by molar-refractivity contribution is -0.137. The molecule has 4 aromatic carbocycles. The molecule has 0 spiro atoms. The molecule has 0 fully saturated rings. The zero-order chi connectivity index (χ0) is 41.0. The highest BCUT2D eigenvalue weighted by Gasteiger charge is 2.25. The number of pyridine rings is 4. The van der Waals surface area contributed by atoms with Gasteiger partial charge in [0.1, 0.15) is 51.6 Å². The van der Waals surface area contributed by atoms with Gasteiger partial charge >= 0.3 is 5.97 Å². The number of nitriles is 2. The van der Waals surface area contributed by atoms with E-state index in [1.165, 1.54) is 11.8 Å². The molecule has 0 unspecified atom stereocenters. The summed E-state index contributed by atoms with van der Waals surface area (Å²) in [6.07, 6.45) is 1.79. The highest BCUT2D eigenvalue weighted by Crippen LogP contribution is 2.26. The Bertz CT molecular complexity index is 2890. The van der Waals surface area contributed by atoms with Crippen LogP contribution in [0.15, 0.2) is 133 Å². The number of nitrogens with zero attached hydrogens (tertiary/aromatic N) is 7. The number of hydrogen-bond donors (Lipinski definition) is 3. The normalized spacial score (nSPS) is 12.7. The van der Waals surface area contributed by atoms with Crippen LogP contribution in [-0.4, -0.2) is 72.3 Å². The molecule has 5 heterocycles. The van der Waals surface area contributed by atoms with Crippen LogP contribution in [-0.2, 0) is 4.79 Å². The third kappa shape index (κ3) is 10.1. The standard InChI is InChI=1S/C13H10N2O3S.C11H8N2O.C10H6N2O.C10H9NO/c16-8-2-4-9-7(5-8)1-3-10(14-9)12-15-11(6-19-12)13(17)18;1-14-10-4-5-11-8(6-10)2-3-9(7-12)13-11;11-6-8-2-1-7-5-9(13)3-4-10(7)12-8;1-12-9-4-5-10-8(7-9)3-2-6-11-10/h1-5,11,16H,6H2,(H,17,18);2-6H,1H3;1-5,13H;2-7H,1H3/t11-;;;/m1.../s1. The molecule has 3 N–H and O–H groups in total. The van der Waals surface area contributed by atoms with Crippen molar-refractivity contribution in [2.24, 2.45) is 4.99 Å². The molecule has 4 aromatic heterocycles. The number of carboxylic acid groups (broad SMARTS) is 1. The number of aliphatic imine (C=N–C) groups is 1. The second kappa shape index (κ2) is 18.7. The molecular formula is C44H33N7O6S. The van der Waals surface area contributed by atoms with E-state index in [0.29, 0.717) is 27.9 Å². The van der Waals surface area contributed by atoms with Crippen molar-refractivity contribution in [1.29, 1.82) is 10.5 Å². The Balaban J connectivity index is 0.000000133. The minimum atomic E-state index is -0.909. The van der Waals surface area contributed by atoms with E-state index in [2.05, 4.69) is 24.9 Å². The van der Waals surface area contributed by atoms with Crippen molar-refractivity contribution in [3.8, 4) is 35.1 Å². The van der Waals surface area contributed by atoms with Crippen LogP contribution in [0, 0.1) is 22.7 Å². The number of aromatic nitrogens is 4. The monoisotopic (exact) mass is 787 g/mol. The van der Waals surface area contributed by atoms with Crippen molar-refractivity contribution < 1.29 is 29.6 Å². The van der Waals surface area contributed by atoms with E-state index in [-0.39, 0.29) is 11.5 Å². The molecule has 0 bridgehead atoms. The number of ether oxygens (including phenoxy) is 2. The van der Waals surface area contributed by atoms with E-state index >= 15 is 0 Å². The maximum absolute atomic E-state index is 10.9. The first-order valence-corrected chi connectivity index (χ1v) is 18.4. The average molecular weight is 788 g/mol. The van der Waals surface area contributed by atoms with Crippen LogP contribution in [0.2, 0.25) is 0 Å². The van der Waals surface area contributed by atoms with Crippen molar-refractivity contribution in [2.45, 2.75) is 6.04 Å². The second-order valence-electron chi connectivity index (χ2n) is 12.3. The Labute approximate surface area is 336 Å². The largest absolute Gasteiger partial charge is 0.508 e. The highest BCUT2D eigenvalue weighted by atomic mass is 32.2. The zero-order valence-electron chi connectivity index (χ0n) is 31.0. The lowest BCUT2D eigenvalue weighted by Gasteiger charge is -2.02. The number of fused-ring (bicyclic) bond motifs is 4. The number of methoxy groups -OCH3 is 2. The average Bonchev–Trinajstić information content (AvgIpc) is 3.77. The van der Waals surface area contributed by atoms with Crippen LogP contribution in [0.3, 0.4) is 0 Å². The summed E-state index contributed by atoms with van der Waals surface area (Å²) in [6.45, 7) is 0. The quantitative estimate of drug-likeness (QED) is 0.154. The number of thioether (sulfide) groups is 1. The molecule has 1 aliphatic heterocycles. The Morgan fingerprint density at radius 2 is 1.16 bits per heavy atom. The van der Waals surface area contributed by atoms with Crippen LogP contribution in [0.25, 0.3) is 43.6 Å². The molecular weight excluding hydrogens is 755 g/mol. The molecule has 13 nitrogen and oxygen atoms in total. The van der Waals surface area contributed by atoms with E-state index in [1.54, 1.807) is 81.1 Å². The number of aliphatic carboxylic acids is 1. The summed E-state index contributed by atoms with van der Waals surface area (Å²) in [6, 6.07) is 39.0. The van der Waals surface area contributed by atoms with Crippen LogP contribution < -0.4 is 9.47 Å². The minimum absolute atomic E-state index is 0.195. The summed E-state index contributed by atoms with van der Waals surface area (Å²) in [5.41, 5.74) is 4.77. The summed E-state index contributed by atoms with van der Waals surface area (Å²) < 4.78 is 10.2. The smallest absolute Gasteiger partial charge is 0.329 e. The van der Waals surface area contributed by atoms with E-state index in [1.807, 2.05) is 72.8 Å². The molecule has 9 rings (SSSR count). The fourth-order valence-corrected chi connectivity index (χ4v) is 6.52. The maximum Gasteiger partial charge on any atom is 0.329 e. The molecule has 0 aliphatic carbocycles. The van der Waals surface area contributed by atoms with Gasteiger partial charge in [-0.25, -0.2) is 19.7 Å². The van der Waals surface area contributed by atoms with Gasteiger partial charge in [0.2, 0.25) is 0 Å². The van der Waals surface area contributed by atoms with Crippen LogP contribution >= 0.6 is 11.8 Å². The predicted octanol–water partition coefficient (Wildman–Crippen LogP) is 8.06. The summed E-state index contributed by atoms with van der Waals surface area (Å²) >= 11 is 1.40. The van der Waals surface area contributed by atoms with Gasteiger partial charge in [-0.3, -0.25) is 9.98 Å². The number of carboxylic acids is 1. The predicted molar refractivity (Wildman–Crippen MR) is 223 cm³/mol. The number of phenols is 2. The molecule has 58 heavy (non-hydrogen) atoms. The molecule has 0 radical (unpaired) electrons. The number of carbonyl (C=O) groups is 1. The lowest BCUT2D eigenvalue weighted by atomic mass is 10.2. The van der Waals surface area contributed by atoms with Gasteiger partial charge in [0, 0.05) is 33.5 Å². The number of benzene rings is 4. The zero-order valence-corrected chi connectivity index (χ0v) is 31.8. The van der Waals surface area contributed by atoms with Crippen molar-refractivity contribution in [2.75, 3.05) is 20.0 Å². The van der Waals surface area contributed by atoms with Gasteiger partial charge in [-0.15, -0.1) is 11.8 Å². The Kier molecular flexibility index (Phi) is 12.8. The molecule has 14 heteroatoms. The molecule has 1 aliphatic rings. The topological polar surface area (TPSA) is 208 Å². The molecule has 0 saturated carbocycles.